The number of morpholine rings is 1. The summed E-state index contributed by atoms with van der Waals surface area (Å²) in [5, 5.41) is 7.63. The van der Waals surface area contributed by atoms with Crippen LogP contribution in [0.1, 0.15) is 21.7 Å². The van der Waals surface area contributed by atoms with Gasteiger partial charge < -0.3 is 15.4 Å². The van der Waals surface area contributed by atoms with Crippen LogP contribution in [0.2, 0.25) is 0 Å². The molecule has 1 aliphatic heterocycles. The molecule has 0 saturated carbocycles. The molecule has 0 aliphatic carbocycles. The molecule has 1 atom stereocenters. The molecule has 7 heteroatoms. The van der Waals surface area contributed by atoms with E-state index in [-0.39, 0.29) is 11.8 Å². The summed E-state index contributed by atoms with van der Waals surface area (Å²) in [6.45, 7) is 3.85. The summed E-state index contributed by atoms with van der Waals surface area (Å²) < 4.78 is 5.63. The Labute approximate surface area is 163 Å². The van der Waals surface area contributed by atoms with Gasteiger partial charge in [0.25, 0.3) is 5.91 Å². The Bertz CT molecular complexity index is 721. The zero-order chi connectivity index (χ0) is 18.9. The molecular weight excluding hydrogens is 362 g/mol. The zero-order valence-corrected chi connectivity index (χ0v) is 16.0. The quantitative estimate of drug-likeness (QED) is 0.679. The third kappa shape index (κ3) is 6.16. The average Bonchev–Trinajstić information content (AvgIpc) is 3.23. The highest BCUT2D eigenvalue weighted by Crippen LogP contribution is 2.11. The largest absolute Gasteiger partial charge is 0.366 e. The maximum atomic E-state index is 12.3. The topological polar surface area (TPSA) is 70.7 Å². The van der Waals surface area contributed by atoms with E-state index < -0.39 is 6.10 Å². The van der Waals surface area contributed by atoms with Crippen LogP contribution >= 0.6 is 11.3 Å². The van der Waals surface area contributed by atoms with E-state index in [2.05, 4.69) is 27.7 Å². The van der Waals surface area contributed by atoms with Crippen LogP contribution in [0.5, 0.6) is 0 Å². The number of ether oxygens (including phenoxy) is 1. The Morgan fingerprint density at radius 2 is 1.93 bits per heavy atom. The number of nitrogens with one attached hydrogen (secondary N) is 2. The number of carbonyl (C=O) groups excluding carboxylic acids is 2. The average molecular weight is 388 g/mol. The predicted molar refractivity (Wildman–Crippen MR) is 106 cm³/mol. The van der Waals surface area contributed by atoms with Gasteiger partial charge in [-0.1, -0.05) is 36.4 Å². The van der Waals surface area contributed by atoms with E-state index in [0.717, 1.165) is 13.1 Å². The van der Waals surface area contributed by atoms with Crippen LogP contribution in [0.15, 0.2) is 47.8 Å². The van der Waals surface area contributed by atoms with Crippen LogP contribution in [-0.4, -0.2) is 55.6 Å². The third-order valence-corrected chi connectivity index (χ3v) is 5.24. The van der Waals surface area contributed by atoms with E-state index in [9.17, 15) is 9.59 Å². The molecule has 1 aliphatic rings. The van der Waals surface area contributed by atoms with Crippen LogP contribution in [0.25, 0.3) is 0 Å². The lowest BCUT2D eigenvalue weighted by molar-refractivity contribution is -0.138. The molecule has 0 spiro atoms. The molecule has 1 aromatic carbocycles. The Morgan fingerprint density at radius 3 is 2.70 bits per heavy atom. The van der Waals surface area contributed by atoms with Gasteiger partial charge in [-0.05, 0) is 23.4 Å². The summed E-state index contributed by atoms with van der Waals surface area (Å²) in [5.74, 6) is -0.152. The second-order valence-electron chi connectivity index (χ2n) is 6.46. The number of thiophene rings is 1. The van der Waals surface area contributed by atoms with Gasteiger partial charge in [0.05, 0.1) is 11.5 Å². The SMILES string of the molecule is O=C(NCCCNC(=O)C1CN(Cc2ccccc2)CCO1)c1cccs1. The Balaban J connectivity index is 1.33. The summed E-state index contributed by atoms with van der Waals surface area (Å²) >= 11 is 1.42. The number of benzene rings is 1. The van der Waals surface area contributed by atoms with Gasteiger partial charge in [-0.2, -0.15) is 0 Å². The molecule has 2 heterocycles. The summed E-state index contributed by atoms with van der Waals surface area (Å²) in [5.41, 5.74) is 1.24. The fourth-order valence-electron chi connectivity index (χ4n) is 2.96. The Hall–Kier alpha value is -2.22. The standard InChI is InChI=1S/C20H25N3O3S/c24-19(21-9-5-10-22-20(25)18-8-4-13-27-18)17-15-23(11-12-26-17)14-16-6-2-1-3-7-16/h1-4,6-8,13,17H,5,9-12,14-15H2,(H,21,24)(H,22,25). The molecule has 1 unspecified atom stereocenters. The summed E-state index contributed by atoms with van der Waals surface area (Å²) in [4.78, 5) is 27.1. The molecular formula is C20H25N3O3S. The minimum atomic E-state index is -0.442. The van der Waals surface area contributed by atoms with E-state index in [1.54, 1.807) is 6.07 Å². The number of hydrogen-bond acceptors (Lipinski definition) is 5. The lowest BCUT2D eigenvalue weighted by atomic mass is 10.2. The first kappa shape index (κ1) is 19.5. The summed E-state index contributed by atoms with van der Waals surface area (Å²) in [7, 11) is 0. The van der Waals surface area contributed by atoms with Crippen molar-refractivity contribution in [1.82, 2.24) is 15.5 Å². The molecule has 2 amide bonds. The monoisotopic (exact) mass is 387 g/mol. The highest BCUT2D eigenvalue weighted by atomic mass is 32.1. The molecule has 1 aromatic heterocycles. The van der Waals surface area contributed by atoms with Crippen molar-refractivity contribution in [1.29, 1.82) is 0 Å². The molecule has 3 rings (SSSR count). The van der Waals surface area contributed by atoms with Gasteiger partial charge in [0.1, 0.15) is 6.10 Å². The molecule has 1 fully saturated rings. The van der Waals surface area contributed by atoms with Gasteiger partial charge in [0.15, 0.2) is 0 Å². The predicted octanol–water partition coefficient (Wildman–Crippen LogP) is 1.89. The first-order valence-electron chi connectivity index (χ1n) is 9.19. The smallest absolute Gasteiger partial charge is 0.261 e. The second kappa shape index (κ2) is 10.2. The van der Waals surface area contributed by atoms with Gasteiger partial charge in [-0.15, -0.1) is 11.3 Å². The van der Waals surface area contributed by atoms with Gasteiger partial charge >= 0.3 is 0 Å². The van der Waals surface area contributed by atoms with E-state index in [4.69, 9.17) is 4.74 Å². The van der Waals surface area contributed by atoms with Crippen molar-refractivity contribution in [2.75, 3.05) is 32.8 Å². The van der Waals surface area contributed by atoms with Crippen LogP contribution in [0, 0.1) is 0 Å². The maximum absolute atomic E-state index is 12.3. The van der Waals surface area contributed by atoms with Crippen molar-refractivity contribution in [3.05, 3.63) is 58.3 Å². The van der Waals surface area contributed by atoms with Crippen molar-refractivity contribution in [3.63, 3.8) is 0 Å². The van der Waals surface area contributed by atoms with E-state index in [0.29, 0.717) is 37.5 Å². The number of amides is 2. The molecule has 2 aromatic rings. The van der Waals surface area contributed by atoms with Gasteiger partial charge in [-0.25, -0.2) is 0 Å². The highest BCUT2D eigenvalue weighted by Gasteiger charge is 2.26. The molecule has 0 bridgehead atoms. The molecule has 0 radical (unpaired) electrons. The summed E-state index contributed by atoms with van der Waals surface area (Å²) in [6, 6.07) is 13.9. The lowest BCUT2D eigenvalue weighted by Crippen LogP contribution is -2.49. The first-order chi connectivity index (χ1) is 13.2. The van der Waals surface area contributed by atoms with Crippen molar-refractivity contribution in [2.24, 2.45) is 0 Å². The molecule has 2 N–H and O–H groups in total. The highest BCUT2D eigenvalue weighted by molar-refractivity contribution is 7.12. The van der Waals surface area contributed by atoms with Crippen molar-refractivity contribution in [3.8, 4) is 0 Å². The maximum Gasteiger partial charge on any atom is 0.261 e. The first-order valence-corrected chi connectivity index (χ1v) is 10.1. The fraction of sp³-hybridized carbons (Fsp3) is 0.400. The zero-order valence-electron chi connectivity index (χ0n) is 15.2. The van der Waals surface area contributed by atoms with Gasteiger partial charge in [-0.3, -0.25) is 14.5 Å². The number of hydrogen-bond donors (Lipinski definition) is 2. The number of rotatable bonds is 8. The van der Waals surface area contributed by atoms with Crippen LogP contribution in [0.4, 0.5) is 0 Å². The molecule has 144 valence electrons. The van der Waals surface area contributed by atoms with Crippen molar-refractivity contribution in [2.45, 2.75) is 19.1 Å². The molecule has 6 nitrogen and oxygen atoms in total. The van der Waals surface area contributed by atoms with Gasteiger partial charge in [0, 0.05) is 32.7 Å². The Kier molecular flexibility index (Phi) is 7.38. The van der Waals surface area contributed by atoms with Crippen molar-refractivity contribution >= 4 is 23.2 Å². The fourth-order valence-corrected chi connectivity index (χ4v) is 3.60. The van der Waals surface area contributed by atoms with Crippen LogP contribution in [0.3, 0.4) is 0 Å². The van der Waals surface area contributed by atoms with Gasteiger partial charge in [0.2, 0.25) is 5.91 Å². The van der Waals surface area contributed by atoms with E-state index in [1.165, 1.54) is 16.9 Å². The van der Waals surface area contributed by atoms with E-state index >= 15 is 0 Å². The van der Waals surface area contributed by atoms with Crippen LogP contribution < -0.4 is 10.6 Å². The van der Waals surface area contributed by atoms with Crippen LogP contribution in [-0.2, 0) is 16.1 Å². The minimum Gasteiger partial charge on any atom is -0.366 e. The summed E-state index contributed by atoms with van der Waals surface area (Å²) in [6.07, 6.45) is 0.242. The number of nitrogens with zero attached hydrogens (tertiary/aromatic N) is 1. The molecule has 1 saturated heterocycles. The van der Waals surface area contributed by atoms with Crippen molar-refractivity contribution < 1.29 is 14.3 Å². The minimum absolute atomic E-state index is 0.0662. The van der Waals surface area contributed by atoms with E-state index in [1.807, 2.05) is 29.6 Å². The third-order valence-electron chi connectivity index (χ3n) is 4.38. The molecule has 27 heavy (non-hydrogen) atoms. The normalized spacial score (nSPS) is 17.4. The lowest BCUT2D eigenvalue weighted by Gasteiger charge is -2.32. The number of carbonyl (C=O) groups is 2. The second-order valence-corrected chi connectivity index (χ2v) is 7.41. The Morgan fingerprint density at radius 1 is 1.11 bits per heavy atom.